The van der Waals surface area contributed by atoms with Gasteiger partial charge in [-0.15, -0.1) is 0 Å². The lowest BCUT2D eigenvalue weighted by Gasteiger charge is -2.09. The number of hydrogen-bond acceptors (Lipinski definition) is 4. The maximum atomic E-state index is 12.2. The lowest BCUT2D eigenvalue weighted by Crippen LogP contribution is -2.13. The van der Waals surface area contributed by atoms with Crippen LogP contribution in [0.15, 0.2) is 66.9 Å². The number of halogens is 1. The molecule has 0 radical (unpaired) electrons. The zero-order chi connectivity index (χ0) is 17.6. The maximum absolute atomic E-state index is 12.2. The van der Waals surface area contributed by atoms with Crippen LogP contribution >= 0.6 is 11.6 Å². The Hall–Kier alpha value is -3.36. The molecule has 0 atom stereocenters. The van der Waals surface area contributed by atoms with Crippen LogP contribution in [0.5, 0.6) is 0 Å². The van der Waals surface area contributed by atoms with Crippen LogP contribution in [0.1, 0.15) is 16.1 Å². The van der Waals surface area contributed by atoms with Gasteiger partial charge in [0.2, 0.25) is 0 Å². The molecule has 0 unspecified atom stereocenters. The smallest absolute Gasteiger partial charge is 0.274 e. The van der Waals surface area contributed by atoms with E-state index in [1.165, 1.54) is 6.20 Å². The summed E-state index contributed by atoms with van der Waals surface area (Å²) >= 11 is 6.03. The molecule has 0 bridgehead atoms. The summed E-state index contributed by atoms with van der Waals surface area (Å²) in [5.41, 5.74) is 2.68. The molecule has 0 aliphatic carbocycles. The summed E-state index contributed by atoms with van der Waals surface area (Å²) in [7, 11) is 0. The molecule has 3 aromatic rings. The molecule has 1 amide bonds. The number of rotatable bonds is 4. The number of pyridine rings is 1. The van der Waals surface area contributed by atoms with Crippen molar-refractivity contribution in [3.63, 3.8) is 0 Å². The summed E-state index contributed by atoms with van der Waals surface area (Å²) in [6.45, 7) is 0. The normalized spacial score (nSPS) is 9.92. The predicted molar refractivity (Wildman–Crippen MR) is 98.1 cm³/mol. The Balaban J connectivity index is 1.73. The van der Waals surface area contributed by atoms with Gasteiger partial charge in [0.25, 0.3) is 5.91 Å². The van der Waals surface area contributed by atoms with Crippen LogP contribution in [0, 0.1) is 11.3 Å². The zero-order valence-electron chi connectivity index (χ0n) is 13.0. The SMILES string of the molecule is N#Cc1ccccc1Nc1ccc(C(=O)Nc2ccccc2Cl)nc1. The van der Waals surface area contributed by atoms with E-state index in [2.05, 4.69) is 21.7 Å². The molecular weight excluding hydrogens is 336 g/mol. The molecule has 0 spiro atoms. The molecule has 0 fully saturated rings. The lowest BCUT2D eigenvalue weighted by atomic mass is 10.2. The van der Waals surface area contributed by atoms with Crippen LogP contribution in [-0.2, 0) is 0 Å². The second kappa shape index (κ2) is 7.47. The number of anilines is 3. The third kappa shape index (κ3) is 3.94. The average Bonchev–Trinajstić information content (AvgIpc) is 2.64. The van der Waals surface area contributed by atoms with E-state index in [9.17, 15) is 4.79 Å². The van der Waals surface area contributed by atoms with Crippen molar-refractivity contribution in [2.24, 2.45) is 0 Å². The molecule has 1 heterocycles. The van der Waals surface area contributed by atoms with Gasteiger partial charge in [0, 0.05) is 0 Å². The highest BCUT2D eigenvalue weighted by molar-refractivity contribution is 6.33. The number of benzene rings is 2. The minimum absolute atomic E-state index is 0.263. The predicted octanol–water partition coefficient (Wildman–Crippen LogP) is 4.60. The van der Waals surface area contributed by atoms with Gasteiger partial charge in [-0.3, -0.25) is 4.79 Å². The minimum Gasteiger partial charge on any atom is -0.353 e. The Bertz CT molecular complexity index is 948. The second-order valence-electron chi connectivity index (χ2n) is 5.15. The van der Waals surface area contributed by atoms with Crippen molar-refractivity contribution in [2.75, 3.05) is 10.6 Å². The number of nitrogens with one attached hydrogen (secondary N) is 2. The van der Waals surface area contributed by atoms with Crippen LogP contribution < -0.4 is 10.6 Å². The Morgan fingerprint density at radius 1 is 1.00 bits per heavy atom. The van der Waals surface area contributed by atoms with E-state index in [1.54, 1.807) is 54.6 Å². The fraction of sp³-hybridized carbons (Fsp3) is 0. The standard InChI is InChI=1S/C19H13ClN4O/c20-15-6-2-4-8-17(15)24-19(25)18-10-9-14(12-22-18)23-16-7-3-1-5-13(16)11-21/h1-10,12,23H,(H,24,25). The zero-order valence-corrected chi connectivity index (χ0v) is 13.8. The maximum Gasteiger partial charge on any atom is 0.274 e. The van der Waals surface area contributed by atoms with Gasteiger partial charge in [-0.2, -0.15) is 5.26 Å². The number of hydrogen-bond donors (Lipinski definition) is 2. The van der Waals surface area contributed by atoms with Gasteiger partial charge in [0.05, 0.1) is 33.8 Å². The second-order valence-corrected chi connectivity index (χ2v) is 5.56. The highest BCUT2D eigenvalue weighted by atomic mass is 35.5. The molecule has 2 N–H and O–H groups in total. The third-order valence-corrected chi connectivity index (χ3v) is 3.77. The third-order valence-electron chi connectivity index (χ3n) is 3.44. The van der Waals surface area contributed by atoms with E-state index < -0.39 is 0 Å². The average molecular weight is 349 g/mol. The summed E-state index contributed by atoms with van der Waals surface area (Å²) in [4.78, 5) is 16.4. The van der Waals surface area contributed by atoms with Crippen LogP contribution in [0.4, 0.5) is 17.1 Å². The Labute approximate surface area is 149 Å². The minimum atomic E-state index is -0.350. The van der Waals surface area contributed by atoms with Crippen molar-refractivity contribution in [3.05, 3.63) is 83.1 Å². The monoisotopic (exact) mass is 348 g/mol. The molecule has 1 aromatic heterocycles. The molecule has 25 heavy (non-hydrogen) atoms. The Morgan fingerprint density at radius 2 is 1.72 bits per heavy atom. The van der Waals surface area contributed by atoms with Crippen molar-refractivity contribution < 1.29 is 4.79 Å². The molecule has 122 valence electrons. The first-order valence-electron chi connectivity index (χ1n) is 7.45. The van der Waals surface area contributed by atoms with Gasteiger partial charge in [0.15, 0.2) is 0 Å². The summed E-state index contributed by atoms with van der Waals surface area (Å²) < 4.78 is 0. The van der Waals surface area contributed by atoms with Crippen molar-refractivity contribution in [1.82, 2.24) is 4.98 Å². The molecule has 0 saturated carbocycles. The van der Waals surface area contributed by atoms with Crippen LogP contribution in [0.2, 0.25) is 5.02 Å². The number of nitriles is 1. The highest BCUT2D eigenvalue weighted by Gasteiger charge is 2.10. The van der Waals surface area contributed by atoms with E-state index in [0.29, 0.717) is 27.6 Å². The van der Waals surface area contributed by atoms with Gasteiger partial charge in [-0.1, -0.05) is 35.9 Å². The van der Waals surface area contributed by atoms with Crippen LogP contribution in [0.25, 0.3) is 0 Å². The van der Waals surface area contributed by atoms with E-state index in [-0.39, 0.29) is 11.6 Å². The van der Waals surface area contributed by atoms with E-state index >= 15 is 0 Å². The molecule has 3 rings (SSSR count). The molecule has 5 nitrogen and oxygen atoms in total. The number of carbonyl (C=O) groups is 1. The van der Waals surface area contributed by atoms with Crippen LogP contribution in [0.3, 0.4) is 0 Å². The highest BCUT2D eigenvalue weighted by Crippen LogP contribution is 2.22. The molecule has 0 aliphatic heterocycles. The summed E-state index contributed by atoms with van der Waals surface area (Å²) in [6.07, 6.45) is 1.54. The van der Waals surface area contributed by atoms with Crippen molar-refractivity contribution >= 4 is 34.6 Å². The summed E-state index contributed by atoms with van der Waals surface area (Å²) in [5.74, 6) is -0.350. The largest absolute Gasteiger partial charge is 0.353 e. The molecule has 0 saturated heterocycles. The first kappa shape index (κ1) is 16.5. The van der Waals surface area contributed by atoms with Crippen molar-refractivity contribution in [3.8, 4) is 6.07 Å². The molecule has 2 aromatic carbocycles. The fourth-order valence-electron chi connectivity index (χ4n) is 2.20. The van der Waals surface area contributed by atoms with Gasteiger partial charge in [-0.05, 0) is 36.4 Å². The van der Waals surface area contributed by atoms with E-state index in [0.717, 1.165) is 0 Å². The number of nitrogens with zero attached hydrogens (tertiary/aromatic N) is 2. The molecule has 6 heteroatoms. The fourth-order valence-corrected chi connectivity index (χ4v) is 2.38. The molecule has 0 aliphatic rings. The van der Waals surface area contributed by atoms with Gasteiger partial charge in [-0.25, -0.2) is 4.98 Å². The van der Waals surface area contributed by atoms with Crippen molar-refractivity contribution in [2.45, 2.75) is 0 Å². The number of aromatic nitrogens is 1. The molecular formula is C19H13ClN4O. The first-order chi connectivity index (χ1) is 12.2. The van der Waals surface area contributed by atoms with Crippen molar-refractivity contribution in [1.29, 1.82) is 5.26 Å². The number of amides is 1. The van der Waals surface area contributed by atoms with Crippen LogP contribution in [-0.4, -0.2) is 10.9 Å². The summed E-state index contributed by atoms with van der Waals surface area (Å²) in [6, 6.07) is 19.6. The van der Waals surface area contributed by atoms with Gasteiger partial charge >= 0.3 is 0 Å². The first-order valence-corrected chi connectivity index (χ1v) is 7.83. The van der Waals surface area contributed by atoms with Gasteiger partial charge < -0.3 is 10.6 Å². The quantitative estimate of drug-likeness (QED) is 0.722. The van der Waals surface area contributed by atoms with E-state index in [4.69, 9.17) is 16.9 Å². The number of carbonyl (C=O) groups excluding carboxylic acids is 1. The topological polar surface area (TPSA) is 77.8 Å². The Kier molecular flexibility index (Phi) is 4.93. The number of para-hydroxylation sites is 2. The summed E-state index contributed by atoms with van der Waals surface area (Å²) in [5, 5.41) is 15.4. The van der Waals surface area contributed by atoms with E-state index in [1.807, 2.05) is 6.07 Å². The Morgan fingerprint density at radius 3 is 2.40 bits per heavy atom. The lowest BCUT2D eigenvalue weighted by molar-refractivity contribution is 0.102. The van der Waals surface area contributed by atoms with Gasteiger partial charge in [0.1, 0.15) is 11.8 Å².